The first-order chi connectivity index (χ1) is 9.78. The van der Waals surface area contributed by atoms with Gasteiger partial charge in [0.1, 0.15) is 0 Å². The summed E-state index contributed by atoms with van der Waals surface area (Å²) in [4.78, 5) is 12.6. The summed E-state index contributed by atoms with van der Waals surface area (Å²) in [6, 6.07) is 13.8. The zero-order valence-electron chi connectivity index (χ0n) is 11.8. The highest BCUT2D eigenvalue weighted by molar-refractivity contribution is 6.09. The van der Waals surface area contributed by atoms with Crippen LogP contribution in [0.25, 0.3) is 0 Å². The van der Waals surface area contributed by atoms with Crippen molar-refractivity contribution in [2.24, 2.45) is 0 Å². The number of carbonyl (C=O) groups excluding carboxylic acids is 1. The third-order valence-electron chi connectivity index (χ3n) is 4.02. The monoisotopic (exact) mass is 265 g/mol. The third-order valence-corrected chi connectivity index (χ3v) is 4.02. The lowest BCUT2D eigenvalue weighted by atomic mass is 9.89. The molecule has 2 heteroatoms. The van der Waals surface area contributed by atoms with Crippen molar-refractivity contribution in [3.05, 3.63) is 64.7 Å². The van der Waals surface area contributed by atoms with Crippen LogP contribution in [0.3, 0.4) is 0 Å². The van der Waals surface area contributed by atoms with Gasteiger partial charge in [0.05, 0.1) is 0 Å². The van der Waals surface area contributed by atoms with E-state index >= 15 is 0 Å². The van der Waals surface area contributed by atoms with Gasteiger partial charge in [0.25, 0.3) is 0 Å². The van der Waals surface area contributed by atoms with Crippen LogP contribution in [0.5, 0.6) is 0 Å². The van der Waals surface area contributed by atoms with Crippen LogP contribution in [0, 0.1) is 0 Å². The quantitative estimate of drug-likeness (QED) is 0.854. The Bertz CT molecular complexity index is 646. The lowest BCUT2D eigenvalue weighted by Gasteiger charge is -2.16. The van der Waals surface area contributed by atoms with Crippen LogP contribution in [0.4, 0.5) is 5.69 Å². The standard InChI is InChI=1S/C18H19NO/c1-19-17-8-4-7-15(12-17)18(20)16-10-9-13-5-2-3-6-14(13)11-16/h4,7-12,19H,2-3,5-6H2,1H3. The highest BCUT2D eigenvalue weighted by atomic mass is 16.1. The lowest BCUT2D eigenvalue weighted by molar-refractivity contribution is 0.103. The molecule has 1 aliphatic carbocycles. The second-order valence-electron chi connectivity index (χ2n) is 5.35. The predicted molar refractivity (Wildman–Crippen MR) is 82.5 cm³/mol. The number of hydrogen-bond donors (Lipinski definition) is 1. The van der Waals surface area contributed by atoms with Gasteiger partial charge in [-0.25, -0.2) is 0 Å². The van der Waals surface area contributed by atoms with Gasteiger partial charge in [0.15, 0.2) is 5.78 Å². The molecule has 1 N–H and O–H groups in total. The first kappa shape index (κ1) is 12.9. The average Bonchev–Trinajstić information content (AvgIpc) is 2.53. The molecule has 0 aromatic heterocycles. The van der Waals surface area contributed by atoms with Gasteiger partial charge in [-0.2, -0.15) is 0 Å². The van der Waals surface area contributed by atoms with Crippen molar-refractivity contribution in [1.29, 1.82) is 0 Å². The van der Waals surface area contributed by atoms with Crippen molar-refractivity contribution in [3.8, 4) is 0 Å². The summed E-state index contributed by atoms with van der Waals surface area (Å²) in [5.41, 5.74) is 5.28. The Hall–Kier alpha value is -2.09. The molecule has 2 nitrogen and oxygen atoms in total. The molecule has 3 rings (SSSR count). The first-order valence-corrected chi connectivity index (χ1v) is 7.22. The second-order valence-corrected chi connectivity index (χ2v) is 5.35. The Labute approximate surface area is 119 Å². The molecule has 0 spiro atoms. The van der Waals surface area contributed by atoms with E-state index in [-0.39, 0.29) is 5.78 Å². The number of nitrogens with one attached hydrogen (secondary N) is 1. The summed E-state index contributed by atoms with van der Waals surface area (Å²) in [6.45, 7) is 0. The fourth-order valence-corrected chi connectivity index (χ4v) is 2.86. The van der Waals surface area contributed by atoms with Gasteiger partial charge in [0.2, 0.25) is 0 Å². The van der Waals surface area contributed by atoms with Crippen molar-refractivity contribution in [1.82, 2.24) is 0 Å². The van der Waals surface area contributed by atoms with Crippen LogP contribution < -0.4 is 5.32 Å². The summed E-state index contributed by atoms with van der Waals surface area (Å²) in [7, 11) is 1.86. The van der Waals surface area contributed by atoms with Crippen molar-refractivity contribution >= 4 is 11.5 Å². The fraction of sp³-hybridized carbons (Fsp3) is 0.278. The van der Waals surface area contributed by atoms with Crippen molar-refractivity contribution < 1.29 is 4.79 Å². The minimum absolute atomic E-state index is 0.107. The summed E-state index contributed by atoms with van der Waals surface area (Å²) in [6.07, 6.45) is 4.76. The van der Waals surface area contributed by atoms with Gasteiger partial charge < -0.3 is 5.32 Å². The summed E-state index contributed by atoms with van der Waals surface area (Å²) in [5, 5.41) is 3.07. The van der Waals surface area contributed by atoms with Gasteiger partial charge in [-0.1, -0.05) is 24.3 Å². The molecule has 0 aliphatic heterocycles. The van der Waals surface area contributed by atoms with E-state index in [2.05, 4.69) is 17.4 Å². The molecule has 0 saturated heterocycles. The van der Waals surface area contributed by atoms with Crippen LogP contribution in [0.15, 0.2) is 42.5 Å². The molecule has 0 saturated carbocycles. The van der Waals surface area contributed by atoms with Crippen molar-refractivity contribution in [2.45, 2.75) is 25.7 Å². The van der Waals surface area contributed by atoms with Crippen molar-refractivity contribution in [3.63, 3.8) is 0 Å². The molecule has 0 radical (unpaired) electrons. The Balaban J connectivity index is 1.93. The molecule has 2 aromatic carbocycles. The summed E-state index contributed by atoms with van der Waals surface area (Å²) < 4.78 is 0. The molecule has 1 aliphatic rings. The zero-order valence-corrected chi connectivity index (χ0v) is 11.8. The molecule has 102 valence electrons. The number of fused-ring (bicyclic) bond motifs is 1. The van der Waals surface area contributed by atoms with E-state index in [0.29, 0.717) is 0 Å². The highest BCUT2D eigenvalue weighted by Gasteiger charge is 2.14. The van der Waals surface area contributed by atoms with Crippen molar-refractivity contribution in [2.75, 3.05) is 12.4 Å². The topological polar surface area (TPSA) is 29.1 Å². The largest absolute Gasteiger partial charge is 0.388 e. The minimum Gasteiger partial charge on any atom is -0.388 e. The smallest absolute Gasteiger partial charge is 0.193 e. The predicted octanol–water partition coefficient (Wildman–Crippen LogP) is 3.84. The molecule has 0 atom stereocenters. The Morgan fingerprint density at radius 1 is 0.950 bits per heavy atom. The zero-order chi connectivity index (χ0) is 13.9. The van der Waals surface area contributed by atoms with Crippen LogP contribution >= 0.6 is 0 Å². The summed E-state index contributed by atoms with van der Waals surface area (Å²) >= 11 is 0. The molecule has 0 fully saturated rings. The van der Waals surface area contributed by atoms with Crippen LogP contribution in [0.2, 0.25) is 0 Å². The molecule has 0 bridgehead atoms. The maximum Gasteiger partial charge on any atom is 0.193 e. The highest BCUT2D eigenvalue weighted by Crippen LogP contribution is 2.23. The third kappa shape index (κ3) is 2.46. The van der Waals surface area contributed by atoms with E-state index in [9.17, 15) is 4.79 Å². The van der Waals surface area contributed by atoms with E-state index in [1.807, 2.05) is 37.4 Å². The Morgan fingerprint density at radius 3 is 2.50 bits per heavy atom. The van der Waals surface area contributed by atoms with E-state index in [1.165, 1.54) is 24.0 Å². The molecule has 0 amide bonds. The minimum atomic E-state index is 0.107. The van der Waals surface area contributed by atoms with Gasteiger partial charge in [-0.05, 0) is 55.0 Å². The maximum atomic E-state index is 12.6. The first-order valence-electron chi connectivity index (χ1n) is 7.22. The molecular weight excluding hydrogens is 246 g/mol. The number of hydrogen-bond acceptors (Lipinski definition) is 2. The number of ketones is 1. The van der Waals surface area contributed by atoms with Gasteiger partial charge in [0, 0.05) is 23.9 Å². The van der Waals surface area contributed by atoms with Gasteiger partial charge in [-0.3, -0.25) is 4.79 Å². The van der Waals surface area contributed by atoms with Crippen LogP contribution in [0.1, 0.15) is 39.9 Å². The fourth-order valence-electron chi connectivity index (χ4n) is 2.86. The van der Waals surface area contributed by atoms with Crippen LogP contribution in [-0.2, 0) is 12.8 Å². The summed E-state index contributed by atoms with van der Waals surface area (Å²) in [5.74, 6) is 0.107. The molecular formula is C18H19NO. The van der Waals surface area contributed by atoms with Crippen LogP contribution in [-0.4, -0.2) is 12.8 Å². The van der Waals surface area contributed by atoms with E-state index < -0.39 is 0 Å². The molecule has 0 heterocycles. The molecule has 2 aromatic rings. The number of anilines is 1. The average molecular weight is 265 g/mol. The SMILES string of the molecule is CNc1cccc(C(=O)c2ccc3c(c2)CCCC3)c1. The normalized spacial score (nSPS) is 13.7. The van der Waals surface area contributed by atoms with Gasteiger partial charge >= 0.3 is 0 Å². The van der Waals surface area contributed by atoms with E-state index in [1.54, 1.807) is 0 Å². The Morgan fingerprint density at radius 2 is 1.70 bits per heavy atom. The number of rotatable bonds is 3. The van der Waals surface area contributed by atoms with E-state index in [0.717, 1.165) is 29.7 Å². The van der Waals surface area contributed by atoms with E-state index in [4.69, 9.17) is 0 Å². The van der Waals surface area contributed by atoms with Gasteiger partial charge in [-0.15, -0.1) is 0 Å². The number of carbonyl (C=O) groups is 1. The number of aryl methyl sites for hydroxylation is 2. The lowest BCUT2D eigenvalue weighted by Crippen LogP contribution is -2.07. The maximum absolute atomic E-state index is 12.6. The second kappa shape index (κ2) is 5.49. The Kier molecular flexibility index (Phi) is 3.55. The number of benzene rings is 2. The molecule has 20 heavy (non-hydrogen) atoms. The molecule has 0 unspecified atom stereocenters.